The first-order valence-corrected chi connectivity index (χ1v) is 9.91. The molecule has 2 atom stereocenters. The van der Waals surface area contributed by atoms with Crippen LogP contribution in [-0.4, -0.2) is 33.6 Å². The van der Waals surface area contributed by atoms with E-state index in [4.69, 9.17) is 0 Å². The van der Waals surface area contributed by atoms with Gasteiger partial charge in [0.15, 0.2) is 0 Å². The molecule has 0 aliphatic rings. The standard InChI is InChI=1S/C14H26N2P2/c1-13(2,3)17(7)11-12(16-10-9-15-11)18(8)14(4,5)6/h9-10H,1-8H3/t17-,18-/m0/s1. The second kappa shape index (κ2) is 5.51. The fourth-order valence-corrected chi connectivity index (χ4v) is 4.80. The Morgan fingerprint density at radius 3 is 1.22 bits per heavy atom. The Kier molecular flexibility index (Phi) is 4.90. The Balaban J connectivity index is 3.23. The molecule has 0 aliphatic carbocycles. The van der Waals surface area contributed by atoms with E-state index in [0.717, 1.165) is 0 Å². The van der Waals surface area contributed by atoms with Crippen LogP contribution in [-0.2, 0) is 0 Å². The lowest BCUT2D eigenvalue weighted by molar-refractivity contribution is 0.787. The van der Waals surface area contributed by atoms with E-state index < -0.39 is 0 Å². The quantitative estimate of drug-likeness (QED) is 0.776. The van der Waals surface area contributed by atoms with Crippen LogP contribution in [0.3, 0.4) is 0 Å². The van der Waals surface area contributed by atoms with Crippen molar-refractivity contribution in [2.24, 2.45) is 0 Å². The predicted octanol–water partition coefficient (Wildman–Crippen LogP) is 3.55. The van der Waals surface area contributed by atoms with Crippen LogP contribution in [0.4, 0.5) is 0 Å². The molecule has 1 rings (SSSR count). The lowest BCUT2D eigenvalue weighted by atomic mass is 10.3. The molecular formula is C14H26N2P2. The molecule has 0 aliphatic heterocycles. The highest BCUT2D eigenvalue weighted by atomic mass is 31.1. The first-order valence-electron chi connectivity index (χ1n) is 6.34. The van der Waals surface area contributed by atoms with Crippen LogP contribution < -0.4 is 10.9 Å². The average Bonchev–Trinajstić information content (AvgIpc) is 2.24. The summed E-state index contributed by atoms with van der Waals surface area (Å²) in [4.78, 5) is 9.32. The first-order chi connectivity index (χ1) is 8.05. The second-order valence-electron chi connectivity index (χ2n) is 6.66. The van der Waals surface area contributed by atoms with Gasteiger partial charge in [-0.1, -0.05) is 57.4 Å². The van der Waals surface area contributed by atoms with E-state index in [-0.39, 0.29) is 26.2 Å². The smallest absolute Gasteiger partial charge is 0.0891 e. The number of hydrogen-bond donors (Lipinski definition) is 0. The molecule has 0 spiro atoms. The second-order valence-corrected chi connectivity index (χ2v) is 12.4. The molecule has 0 unspecified atom stereocenters. The van der Waals surface area contributed by atoms with Gasteiger partial charge in [-0.15, -0.1) is 0 Å². The molecule has 0 aromatic carbocycles. The van der Waals surface area contributed by atoms with Crippen molar-refractivity contribution in [3.63, 3.8) is 0 Å². The average molecular weight is 284 g/mol. The summed E-state index contributed by atoms with van der Waals surface area (Å²) in [6.45, 7) is 18.4. The fourth-order valence-electron chi connectivity index (χ4n) is 1.43. The van der Waals surface area contributed by atoms with Gasteiger partial charge < -0.3 is 0 Å². The van der Waals surface area contributed by atoms with Crippen LogP contribution in [0, 0.1) is 0 Å². The maximum Gasteiger partial charge on any atom is 0.0891 e. The van der Waals surface area contributed by atoms with Crippen LogP contribution in [0.15, 0.2) is 12.4 Å². The minimum atomic E-state index is -0.275. The van der Waals surface area contributed by atoms with Gasteiger partial charge in [-0.3, -0.25) is 9.97 Å². The third kappa shape index (κ3) is 3.72. The molecule has 0 N–H and O–H groups in total. The molecule has 0 fully saturated rings. The Hall–Kier alpha value is -0.0600. The summed E-state index contributed by atoms with van der Waals surface area (Å²) in [5, 5.41) is 0.572. The van der Waals surface area contributed by atoms with E-state index in [0.29, 0.717) is 0 Å². The van der Waals surface area contributed by atoms with Crippen molar-refractivity contribution < 1.29 is 0 Å². The van der Waals surface area contributed by atoms with Gasteiger partial charge in [-0.2, -0.15) is 0 Å². The molecule has 1 heterocycles. The van der Waals surface area contributed by atoms with Crippen molar-refractivity contribution in [1.82, 2.24) is 9.97 Å². The van der Waals surface area contributed by atoms with Crippen molar-refractivity contribution >= 4 is 26.7 Å². The van der Waals surface area contributed by atoms with Crippen molar-refractivity contribution in [1.29, 1.82) is 0 Å². The third-order valence-corrected chi connectivity index (χ3v) is 9.43. The number of hydrogen-bond acceptors (Lipinski definition) is 2. The van der Waals surface area contributed by atoms with Crippen LogP contribution >= 0.6 is 15.8 Å². The van der Waals surface area contributed by atoms with Crippen molar-refractivity contribution in [3.05, 3.63) is 12.4 Å². The topological polar surface area (TPSA) is 25.8 Å². The first kappa shape index (κ1) is 16.0. The molecule has 18 heavy (non-hydrogen) atoms. The van der Waals surface area contributed by atoms with E-state index >= 15 is 0 Å². The maximum atomic E-state index is 4.66. The van der Waals surface area contributed by atoms with E-state index in [1.54, 1.807) is 0 Å². The summed E-state index contributed by atoms with van der Waals surface area (Å²) in [5.41, 5.74) is 2.51. The zero-order valence-corrected chi connectivity index (χ0v) is 14.7. The Morgan fingerprint density at radius 2 is 1.00 bits per heavy atom. The SMILES string of the molecule is C[P@@](c1nccnc1[P@](C)C(C)(C)C)C(C)(C)C. The van der Waals surface area contributed by atoms with Gasteiger partial charge in [0.05, 0.1) is 10.9 Å². The molecule has 0 radical (unpaired) electrons. The highest BCUT2D eigenvalue weighted by molar-refractivity contribution is 7.72. The largest absolute Gasteiger partial charge is 0.253 e. The highest BCUT2D eigenvalue weighted by Gasteiger charge is 2.30. The number of nitrogens with zero attached hydrogens (tertiary/aromatic N) is 2. The molecular weight excluding hydrogens is 258 g/mol. The summed E-state index contributed by atoms with van der Waals surface area (Å²) < 4.78 is 0. The lowest BCUT2D eigenvalue weighted by Crippen LogP contribution is -2.35. The fraction of sp³-hybridized carbons (Fsp3) is 0.714. The van der Waals surface area contributed by atoms with Crippen molar-refractivity contribution in [2.75, 3.05) is 13.3 Å². The van der Waals surface area contributed by atoms with Gasteiger partial charge in [0.1, 0.15) is 0 Å². The minimum Gasteiger partial charge on any atom is -0.253 e. The zero-order chi connectivity index (χ0) is 14.1. The highest BCUT2D eigenvalue weighted by Crippen LogP contribution is 2.48. The Labute approximate surface area is 115 Å². The maximum absolute atomic E-state index is 4.66. The summed E-state index contributed by atoms with van der Waals surface area (Å²) in [6, 6.07) is 0. The minimum absolute atomic E-state index is 0.275. The van der Waals surface area contributed by atoms with Crippen LogP contribution in [0.2, 0.25) is 0 Å². The predicted molar refractivity (Wildman–Crippen MR) is 86.5 cm³/mol. The van der Waals surface area contributed by atoms with E-state index in [9.17, 15) is 0 Å². The van der Waals surface area contributed by atoms with Gasteiger partial charge in [-0.05, 0) is 23.6 Å². The molecule has 0 amide bonds. The molecule has 0 bridgehead atoms. The van der Waals surface area contributed by atoms with Gasteiger partial charge in [0.25, 0.3) is 0 Å². The summed E-state index contributed by atoms with van der Waals surface area (Å²) in [5.74, 6) is 0. The third-order valence-electron chi connectivity index (χ3n) is 3.31. The molecule has 4 heteroatoms. The summed E-state index contributed by atoms with van der Waals surface area (Å²) in [6.07, 6.45) is 3.68. The van der Waals surface area contributed by atoms with Crippen LogP contribution in [0.1, 0.15) is 41.5 Å². The van der Waals surface area contributed by atoms with Gasteiger partial charge in [-0.25, -0.2) is 0 Å². The Bertz CT molecular complexity index is 366. The van der Waals surface area contributed by atoms with E-state index in [1.807, 2.05) is 12.4 Å². The van der Waals surface area contributed by atoms with Gasteiger partial charge in [0, 0.05) is 12.4 Å². The van der Waals surface area contributed by atoms with Crippen LogP contribution in [0.5, 0.6) is 0 Å². The summed E-state index contributed by atoms with van der Waals surface area (Å²) in [7, 11) is -0.549. The molecule has 1 aromatic rings. The van der Waals surface area contributed by atoms with Crippen molar-refractivity contribution in [3.8, 4) is 0 Å². The molecule has 0 saturated carbocycles. The van der Waals surface area contributed by atoms with Gasteiger partial charge >= 0.3 is 0 Å². The molecule has 1 aromatic heterocycles. The monoisotopic (exact) mass is 284 g/mol. The Morgan fingerprint density at radius 1 is 0.722 bits per heavy atom. The molecule has 0 saturated heterocycles. The summed E-state index contributed by atoms with van der Waals surface area (Å²) >= 11 is 0. The zero-order valence-electron chi connectivity index (χ0n) is 12.9. The van der Waals surface area contributed by atoms with Crippen molar-refractivity contribution in [2.45, 2.75) is 51.9 Å². The normalized spacial score (nSPS) is 16.4. The lowest BCUT2D eigenvalue weighted by Gasteiger charge is -2.33. The molecule has 102 valence electrons. The van der Waals surface area contributed by atoms with Crippen LogP contribution in [0.25, 0.3) is 0 Å². The number of rotatable bonds is 2. The number of aromatic nitrogens is 2. The van der Waals surface area contributed by atoms with E-state index in [1.165, 1.54) is 10.9 Å². The van der Waals surface area contributed by atoms with E-state index in [2.05, 4.69) is 64.8 Å². The molecule has 2 nitrogen and oxygen atoms in total. The van der Waals surface area contributed by atoms with Gasteiger partial charge in [0.2, 0.25) is 0 Å².